The van der Waals surface area contributed by atoms with Gasteiger partial charge in [-0.25, -0.2) is 9.67 Å². The predicted molar refractivity (Wildman–Crippen MR) is 102 cm³/mol. The van der Waals surface area contributed by atoms with Gasteiger partial charge in [-0.2, -0.15) is 0 Å². The normalized spacial score (nSPS) is 10.4. The number of halogens is 1. The minimum Gasteiger partial charge on any atom is -0.332 e. The van der Waals surface area contributed by atoms with Crippen LogP contribution in [0.4, 0.5) is 11.6 Å². The standard InChI is InChI=1S/C17H16ClN5S/c1-12-4-2-3-5-15(12)20-17(24)21-16-19-11-23(22-16)10-13-6-8-14(18)9-7-13/h2-9,11H,10H2,1H3,(H2,20,21,22,24). The lowest BCUT2D eigenvalue weighted by molar-refractivity contribution is 0.687. The molecule has 3 aromatic rings. The molecule has 2 aromatic carbocycles. The van der Waals surface area contributed by atoms with Crippen LogP contribution in [0.15, 0.2) is 54.9 Å². The molecule has 0 saturated heterocycles. The number of anilines is 2. The molecule has 1 heterocycles. The number of benzene rings is 2. The van der Waals surface area contributed by atoms with Gasteiger partial charge in [0.1, 0.15) is 6.33 Å². The fourth-order valence-corrected chi connectivity index (χ4v) is 2.50. The van der Waals surface area contributed by atoms with Crippen molar-refractivity contribution < 1.29 is 0 Å². The summed E-state index contributed by atoms with van der Waals surface area (Å²) in [6.07, 6.45) is 1.66. The number of nitrogens with zero attached hydrogens (tertiary/aromatic N) is 3. The first kappa shape index (κ1) is 16.4. The second kappa shape index (κ2) is 7.42. The number of aryl methyl sites for hydroxylation is 1. The van der Waals surface area contributed by atoms with E-state index in [-0.39, 0.29) is 0 Å². The highest BCUT2D eigenvalue weighted by molar-refractivity contribution is 7.80. The van der Waals surface area contributed by atoms with Crippen molar-refractivity contribution in [3.63, 3.8) is 0 Å². The van der Waals surface area contributed by atoms with Crippen molar-refractivity contribution >= 4 is 40.6 Å². The zero-order chi connectivity index (χ0) is 16.9. The molecule has 5 nitrogen and oxygen atoms in total. The van der Waals surface area contributed by atoms with E-state index in [2.05, 4.69) is 20.7 Å². The Kier molecular flexibility index (Phi) is 5.08. The maximum Gasteiger partial charge on any atom is 0.248 e. The minimum atomic E-state index is 0.452. The SMILES string of the molecule is Cc1ccccc1NC(=S)Nc1ncn(Cc2ccc(Cl)cc2)n1. The van der Waals surface area contributed by atoms with E-state index < -0.39 is 0 Å². The minimum absolute atomic E-state index is 0.452. The molecule has 0 radical (unpaired) electrons. The first-order valence-electron chi connectivity index (χ1n) is 7.38. The fourth-order valence-electron chi connectivity index (χ4n) is 2.17. The van der Waals surface area contributed by atoms with E-state index in [9.17, 15) is 0 Å². The van der Waals surface area contributed by atoms with Crippen molar-refractivity contribution in [2.45, 2.75) is 13.5 Å². The van der Waals surface area contributed by atoms with Crippen LogP contribution in [0.5, 0.6) is 0 Å². The van der Waals surface area contributed by atoms with Crippen molar-refractivity contribution in [2.75, 3.05) is 10.6 Å². The maximum atomic E-state index is 5.89. The molecule has 3 rings (SSSR count). The van der Waals surface area contributed by atoms with Gasteiger partial charge < -0.3 is 5.32 Å². The lowest BCUT2D eigenvalue weighted by Gasteiger charge is -2.10. The Labute approximate surface area is 150 Å². The second-order valence-corrected chi connectivity index (χ2v) is 6.13. The van der Waals surface area contributed by atoms with Gasteiger partial charge in [0.15, 0.2) is 5.11 Å². The van der Waals surface area contributed by atoms with Crippen molar-refractivity contribution in [1.82, 2.24) is 14.8 Å². The molecule has 0 saturated carbocycles. The summed E-state index contributed by atoms with van der Waals surface area (Å²) in [7, 11) is 0. The van der Waals surface area contributed by atoms with Gasteiger partial charge >= 0.3 is 0 Å². The number of nitrogens with one attached hydrogen (secondary N) is 2. The van der Waals surface area contributed by atoms with Crippen LogP contribution in [0.3, 0.4) is 0 Å². The van der Waals surface area contributed by atoms with E-state index in [0.29, 0.717) is 22.6 Å². The molecule has 1 aromatic heterocycles. The average Bonchev–Trinajstić information content (AvgIpc) is 2.99. The molecule has 24 heavy (non-hydrogen) atoms. The Morgan fingerprint density at radius 2 is 1.88 bits per heavy atom. The molecule has 0 unspecified atom stereocenters. The molecule has 0 spiro atoms. The molecule has 0 aliphatic carbocycles. The molecular formula is C17H16ClN5S. The highest BCUT2D eigenvalue weighted by atomic mass is 35.5. The summed E-state index contributed by atoms with van der Waals surface area (Å²) in [4.78, 5) is 4.22. The third-order valence-corrected chi connectivity index (χ3v) is 3.87. The maximum absolute atomic E-state index is 5.89. The number of para-hydroxylation sites is 1. The fraction of sp³-hybridized carbons (Fsp3) is 0.118. The quantitative estimate of drug-likeness (QED) is 0.688. The summed E-state index contributed by atoms with van der Waals surface area (Å²) in [5.74, 6) is 0.454. The van der Waals surface area contributed by atoms with Gasteiger partial charge in [0.2, 0.25) is 5.95 Å². The van der Waals surface area contributed by atoms with Gasteiger partial charge in [-0.1, -0.05) is 41.9 Å². The Morgan fingerprint density at radius 3 is 2.62 bits per heavy atom. The van der Waals surface area contributed by atoms with Crippen LogP contribution in [-0.2, 0) is 6.54 Å². The van der Waals surface area contributed by atoms with E-state index in [4.69, 9.17) is 23.8 Å². The molecule has 122 valence electrons. The van der Waals surface area contributed by atoms with Crippen LogP contribution in [0.2, 0.25) is 5.02 Å². The van der Waals surface area contributed by atoms with Crippen molar-refractivity contribution in [3.05, 3.63) is 71.0 Å². The molecule has 0 aliphatic rings. The molecular weight excluding hydrogens is 342 g/mol. The second-order valence-electron chi connectivity index (χ2n) is 5.29. The summed E-state index contributed by atoms with van der Waals surface area (Å²) in [5, 5.41) is 11.7. The van der Waals surface area contributed by atoms with Crippen molar-refractivity contribution in [3.8, 4) is 0 Å². The van der Waals surface area contributed by atoms with Crippen LogP contribution < -0.4 is 10.6 Å². The van der Waals surface area contributed by atoms with Crippen molar-refractivity contribution in [2.24, 2.45) is 0 Å². The zero-order valence-electron chi connectivity index (χ0n) is 13.0. The Bertz CT molecular complexity index is 844. The molecule has 0 fully saturated rings. The van der Waals surface area contributed by atoms with E-state index in [1.54, 1.807) is 11.0 Å². The van der Waals surface area contributed by atoms with Gasteiger partial charge in [-0.15, -0.1) is 5.10 Å². The van der Waals surface area contributed by atoms with E-state index >= 15 is 0 Å². The summed E-state index contributed by atoms with van der Waals surface area (Å²) >= 11 is 11.2. The molecule has 0 atom stereocenters. The van der Waals surface area contributed by atoms with Crippen molar-refractivity contribution in [1.29, 1.82) is 0 Å². The zero-order valence-corrected chi connectivity index (χ0v) is 14.6. The van der Waals surface area contributed by atoms with E-state index in [0.717, 1.165) is 16.8 Å². The monoisotopic (exact) mass is 357 g/mol. The Balaban J connectivity index is 1.60. The van der Waals surface area contributed by atoms with Crippen LogP contribution in [0, 0.1) is 6.92 Å². The lowest BCUT2D eigenvalue weighted by Crippen LogP contribution is -2.20. The summed E-state index contributed by atoms with van der Waals surface area (Å²) < 4.78 is 1.74. The number of rotatable bonds is 4. The van der Waals surface area contributed by atoms with Gasteiger partial charge in [-0.05, 0) is 48.5 Å². The highest BCUT2D eigenvalue weighted by Crippen LogP contribution is 2.14. The van der Waals surface area contributed by atoms with E-state index in [1.165, 1.54) is 0 Å². The van der Waals surface area contributed by atoms with Crippen LogP contribution in [0.1, 0.15) is 11.1 Å². The first-order valence-corrected chi connectivity index (χ1v) is 8.16. The largest absolute Gasteiger partial charge is 0.332 e. The highest BCUT2D eigenvalue weighted by Gasteiger charge is 2.05. The predicted octanol–water partition coefficient (Wildman–Crippen LogP) is 4.10. The Hall–Kier alpha value is -2.44. The average molecular weight is 358 g/mol. The lowest BCUT2D eigenvalue weighted by atomic mass is 10.2. The van der Waals surface area contributed by atoms with Gasteiger partial charge in [0.05, 0.1) is 6.54 Å². The number of hydrogen-bond acceptors (Lipinski definition) is 3. The van der Waals surface area contributed by atoms with E-state index in [1.807, 2.05) is 55.5 Å². The number of hydrogen-bond donors (Lipinski definition) is 2. The summed E-state index contributed by atoms with van der Waals surface area (Å²) in [6.45, 7) is 2.63. The van der Waals surface area contributed by atoms with Crippen LogP contribution in [-0.4, -0.2) is 19.9 Å². The van der Waals surface area contributed by atoms with Crippen LogP contribution >= 0.6 is 23.8 Å². The molecule has 0 amide bonds. The van der Waals surface area contributed by atoms with Gasteiger partial charge in [0, 0.05) is 10.7 Å². The smallest absolute Gasteiger partial charge is 0.248 e. The van der Waals surface area contributed by atoms with Gasteiger partial charge in [-0.3, -0.25) is 5.32 Å². The molecule has 0 bridgehead atoms. The third kappa shape index (κ3) is 4.31. The van der Waals surface area contributed by atoms with Crippen LogP contribution in [0.25, 0.3) is 0 Å². The summed E-state index contributed by atoms with van der Waals surface area (Å²) in [6, 6.07) is 15.6. The third-order valence-electron chi connectivity index (χ3n) is 3.41. The first-order chi connectivity index (χ1) is 11.6. The van der Waals surface area contributed by atoms with Gasteiger partial charge in [0.25, 0.3) is 0 Å². The number of aromatic nitrogens is 3. The summed E-state index contributed by atoms with van der Waals surface area (Å²) in [5.41, 5.74) is 3.16. The molecule has 7 heteroatoms. The topological polar surface area (TPSA) is 54.8 Å². The Morgan fingerprint density at radius 1 is 1.12 bits per heavy atom. The molecule has 2 N–H and O–H groups in total. The number of thiocarbonyl (C=S) groups is 1. The molecule has 0 aliphatic heterocycles.